The van der Waals surface area contributed by atoms with Gasteiger partial charge in [0.1, 0.15) is 0 Å². The molecule has 1 fully saturated rings. The molecular formula is C17H24N4O2. The fraction of sp³-hybridized carbons (Fsp3) is 0.588. The summed E-state index contributed by atoms with van der Waals surface area (Å²) < 4.78 is 5.27. The van der Waals surface area contributed by atoms with Crippen molar-refractivity contribution < 1.29 is 9.32 Å². The van der Waals surface area contributed by atoms with Gasteiger partial charge in [-0.3, -0.25) is 4.79 Å². The van der Waals surface area contributed by atoms with E-state index in [1.807, 2.05) is 44.0 Å². The van der Waals surface area contributed by atoms with Crippen molar-refractivity contribution in [2.75, 3.05) is 6.54 Å². The summed E-state index contributed by atoms with van der Waals surface area (Å²) in [6.45, 7) is 6.94. The van der Waals surface area contributed by atoms with E-state index in [4.69, 9.17) is 4.52 Å². The van der Waals surface area contributed by atoms with Gasteiger partial charge in [-0.05, 0) is 25.0 Å². The van der Waals surface area contributed by atoms with Crippen molar-refractivity contribution >= 4 is 5.91 Å². The maximum absolute atomic E-state index is 12.6. The molecule has 3 heterocycles. The van der Waals surface area contributed by atoms with E-state index in [0.717, 1.165) is 25.1 Å². The molecule has 3 rings (SSSR count). The molecule has 1 unspecified atom stereocenters. The van der Waals surface area contributed by atoms with E-state index in [-0.39, 0.29) is 17.4 Å². The van der Waals surface area contributed by atoms with Gasteiger partial charge in [-0.2, -0.15) is 4.98 Å². The van der Waals surface area contributed by atoms with Gasteiger partial charge >= 0.3 is 0 Å². The van der Waals surface area contributed by atoms with E-state index >= 15 is 0 Å². The van der Waals surface area contributed by atoms with Crippen molar-refractivity contribution in [2.24, 2.45) is 0 Å². The van der Waals surface area contributed by atoms with Crippen LogP contribution in [-0.2, 0) is 16.6 Å². The van der Waals surface area contributed by atoms with E-state index in [1.54, 1.807) is 0 Å². The first-order chi connectivity index (χ1) is 10.9. The SMILES string of the molecule is CC(C)(C)c1noc(CCC(=O)N2CCCC2c2ccc[nH]2)n1. The van der Waals surface area contributed by atoms with Crippen molar-refractivity contribution in [1.82, 2.24) is 20.0 Å². The van der Waals surface area contributed by atoms with Crippen molar-refractivity contribution in [3.05, 3.63) is 35.7 Å². The summed E-state index contributed by atoms with van der Waals surface area (Å²) in [7, 11) is 0. The van der Waals surface area contributed by atoms with Crippen molar-refractivity contribution in [1.29, 1.82) is 0 Å². The standard InChI is InChI=1S/C17H24N4O2/c1-17(2,3)16-19-14(23-20-16)8-9-15(22)21-11-5-7-13(21)12-6-4-10-18-12/h4,6,10,13,18H,5,7-9,11H2,1-3H3. The van der Waals surface area contributed by atoms with Gasteiger partial charge in [0.2, 0.25) is 11.8 Å². The highest BCUT2D eigenvalue weighted by Gasteiger charge is 2.30. The summed E-state index contributed by atoms with van der Waals surface area (Å²) in [6.07, 6.45) is 4.87. The molecule has 0 radical (unpaired) electrons. The third kappa shape index (κ3) is 3.46. The van der Waals surface area contributed by atoms with Crippen molar-refractivity contribution in [3.63, 3.8) is 0 Å². The number of amides is 1. The Morgan fingerprint density at radius 2 is 2.30 bits per heavy atom. The van der Waals surface area contributed by atoms with Crippen LogP contribution in [0, 0.1) is 0 Å². The van der Waals surface area contributed by atoms with Gasteiger partial charge in [-0.1, -0.05) is 25.9 Å². The second-order valence-electron chi connectivity index (χ2n) is 7.13. The second kappa shape index (κ2) is 6.18. The first-order valence-electron chi connectivity index (χ1n) is 8.21. The van der Waals surface area contributed by atoms with Gasteiger partial charge in [0, 0.05) is 36.7 Å². The number of rotatable bonds is 4. The fourth-order valence-corrected chi connectivity index (χ4v) is 2.96. The monoisotopic (exact) mass is 316 g/mol. The highest BCUT2D eigenvalue weighted by Crippen LogP contribution is 2.31. The van der Waals surface area contributed by atoms with Gasteiger partial charge in [0.25, 0.3) is 0 Å². The minimum absolute atomic E-state index is 0.139. The van der Waals surface area contributed by atoms with E-state index in [9.17, 15) is 4.79 Å². The molecule has 6 nitrogen and oxygen atoms in total. The number of aryl methyl sites for hydroxylation is 1. The van der Waals surface area contributed by atoms with E-state index in [1.165, 1.54) is 0 Å². The number of nitrogens with zero attached hydrogens (tertiary/aromatic N) is 3. The minimum atomic E-state index is -0.139. The van der Waals surface area contributed by atoms with Crippen LogP contribution in [0.4, 0.5) is 0 Å². The Bertz CT molecular complexity index is 654. The lowest BCUT2D eigenvalue weighted by molar-refractivity contribution is -0.132. The Morgan fingerprint density at radius 3 is 2.96 bits per heavy atom. The predicted molar refractivity (Wildman–Crippen MR) is 85.8 cm³/mol. The Hall–Kier alpha value is -2.11. The summed E-state index contributed by atoms with van der Waals surface area (Å²) in [5.41, 5.74) is 0.975. The number of hydrogen-bond donors (Lipinski definition) is 1. The fourth-order valence-electron chi connectivity index (χ4n) is 2.96. The number of aromatic amines is 1. The number of likely N-dealkylation sites (tertiary alicyclic amines) is 1. The van der Waals surface area contributed by atoms with Crippen LogP contribution < -0.4 is 0 Å². The summed E-state index contributed by atoms with van der Waals surface area (Å²) >= 11 is 0. The molecule has 1 N–H and O–H groups in total. The van der Waals surface area contributed by atoms with Gasteiger partial charge in [0.05, 0.1) is 6.04 Å². The quantitative estimate of drug-likeness (QED) is 0.941. The van der Waals surface area contributed by atoms with E-state index in [2.05, 4.69) is 15.1 Å². The Labute approximate surface area is 136 Å². The smallest absolute Gasteiger partial charge is 0.227 e. The van der Waals surface area contributed by atoms with Crippen LogP contribution in [0.5, 0.6) is 0 Å². The number of carbonyl (C=O) groups is 1. The highest BCUT2D eigenvalue weighted by molar-refractivity contribution is 5.77. The zero-order valence-corrected chi connectivity index (χ0v) is 14.0. The molecular weight excluding hydrogens is 292 g/mol. The van der Waals surface area contributed by atoms with Gasteiger partial charge < -0.3 is 14.4 Å². The number of aromatic nitrogens is 3. The zero-order valence-electron chi connectivity index (χ0n) is 14.0. The molecule has 0 spiro atoms. The lowest BCUT2D eigenvalue weighted by Gasteiger charge is -2.23. The molecule has 0 aliphatic carbocycles. The number of carbonyl (C=O) groups excluding carboxylic acids is 1. The van der Waals surface area contributed by atoms with Gasteiger partial charge in [-0.15, -0.1) is 0 Å². The molecule has 1 aliphatic heterocycles. The van der Waals surface area contributed by atoms with Crippen LogP contribution >= 0.6 is 0 Å². The molecule has 1 amide bonds. The third-order valence-electron chi connectivity index (χ3n) is 4.25. The first kappa shape index (κ1) is 15.8. The Morgan fingerprint density at radius 1 is 1.48 bits per heavy atom. The summed E-state index contributed by atoms with van der Waals surface area (Å²) in [5, 5.41) is 4.00. The van der Waals surface area contributed by atoms with E-state index in [0.29, 0.717) is 24.6 Å². The summed E-state index contributed by atoms with van der Waals surface area (Å²) in [4.78, 5) is 22.1. The molecule has 23 heavy (non-hydrogen) atoms. The average molecular weight is 316 g/mol. The normalized spacial score (nSPS) is 18.6. The number of hydrogen-bond acceptors (Lipinski definition) is 4. The molecule has 0 bridgehead atoms. The van der Waals surface area contributed by atoms with Crippen molar-refractivity contribution in [2.45, 2.75) is 57.9 Å². The van der Waals surface area contributed by atoms with Crippen LogP contribution in [0.1, 0.15) is 63.5 Å². The lowest BCUT2D eigenvalue weighted by Crippen LogP contribution is -2.30. The average Bonchev–Trinajstić information content (AvgIpc) is 3.22. The maximum Gasteiger partial charge on any atom is 0.227 e. The molecule has 2 aromatic heterocycles. The topological polar surface area (TPSA) is 75.0 Å². The number of H-pyrrole nitrogens is 1. The van der Waals surface area contributed by atoms with Crippen LogP contribution in [0.25, 0.3) is 0 Å². The molecule has 1 aliphatic rings. The molecule has 124 valence electrons. The van der Waals surface area contributed by atoms with Gasteiger partial charge in [0.15, 0.2) is 5.82 Å². The van der Waals surface area contributed by atoms with Crippen LogP contribution in [0.15, 0.2) is 22.9 Å². The number of nitrogens with one attached hydrogen (secondary N) is 1. The lowest BCUT2D eigenvalue weighted by atomic mass is 9.96. The highest BCUT2D eigenvalue weighted by atomic mass is 16.5. The summed E-state index contributed by atoms with van der Waals surface area (Å²) in [5.74, 6) is 1.38. The largest absolute Gasteiger partial charge is 0.363 e. The van der Waals surface area contributed by atoms with Crippen LogP contribution in [-0.4, -0.2) is 32.5 Å². The summed E-state index contributed by atoms with van der Waals surface area (Å²) in [6, 6.07) is 4.19. The molecule has 0 aromatic carbocycles. The predicted octanol–water partition coefficient (Wildman–Crippen LogP) is 2.99. The van der Waals surface area contributed by atoms with E-state index < -0.39 is 0 Å². The molecule has 6 heteroatoms. The first-order valence-corrected chi connectivity index (χ1v) is 8.21. The zero-order chi connectivity index (χ0) is 16.4. The van der Waals surface area contributed by atoms with Gasteiger partial charge in [-0.25, -0.2) is 0 Å². The molecule has 1 atom stereocenters. The molecule has 2 aromatic rings. The van der Waals surface area contributed by atoms with Crippen molar-refractivity contribution in [3.8, 4) is 0 Å². The Balaban J connectivity index is 1.60. The second-order valence-corrected chi connectivity index (χ2v) is 7.13. The third-order valence-corrected chi connectivity index (χ3v) is 4.25. The maximum atomic E-state index is 12.6. The van der Waals surface area contributed by atoms with Crippen LogP contribution in [0.3, 0.4) is 0 Å². The minimum Gasteiger partial charge on any atom is -0.363 e. The van der Waals surface area contributed by atoms with Crippen LogP contribution in [0.2, 0.25) is 0 Å². The molecule has 1 saturated heterocycles. The Kier molecular flexibility index (Phi) is 4.24. The molecule has 0 saturated carbocycles.